The first-order valence-electron chi connectivity index (χ1n) is 9.95. The van der Waals surface area contributed by atoms with Crippen LogP contribution in [0.15, 0.2) is 57.9 Å². The van der Waals surface area contributed by atoms with Gasteiger partial charge in [-0.1, -0.05) is 12.1 Å². The standard InChI is InChI=1S/C25H19F2N3O2/c1-13-10-16(15(3)30-20-8-7-19(26)22(27)18(20)12-28)25-17(11-13)23(31)14(2)24(32-25)21-6-4-5-9-29-21/h4-11,15,30H,1-3H3/t15-/m1/s1. The maximum atomic E-state index is 14.1. The number of aryl methyl sites for hydroxylation is 1. The van der Waals surface area contributed by atoms with Gasteiger partial charge in [-0.15, -0.1) is 0 Å². The topological polar surface area (TPSA) is 78.9 Å². The first kappa shape index (κ1) is 21.2. The van der Waals surface area contributed by atoms with E-state index in [9.17, 15) is 18.8 Å². The van der Waals surface area contributed by atoms with E-state index in [-0.39, 0.29) is 11.1 Å². The van der Waals surface area contributed by atoms with Crippen molar-refractivity contribution in [1.29, 1.82) is 5.26 Å². The largest absolute Gasteiger partial charge is 0.454 e. The van der Waals surface area contributed by atoms with E-state index in [0.717, 1.165) is 11.6 Å². The van der Waals surface area contributed by atoms with Gasteiger partial charge >= 0.3 is 0 Å². The number of nitrogens with zero attached hydrogens (tertiary/aromatic N) is 2. The van der Waals surface area contributed by atoms with E-state index in [4.69, 9.17) is 4.42 Å². The number of aromatic nitrogens is 1. The minimum absolute atomic E-state index is 0.146. The van der Waals surface area contributed by atoms with Gasteiger partial charge in [0.1, 0.15) is 22.9 Å². The summed E-state index contributed by atoms with van der Waals surface area (Å²) < 4.78 is 33.8. The Morgan fingerprint density at radius 2 is 1.94 bits per heavy atom. The third kappa shape index (κ3) is 3.60. The molecular weight excluding hydrogens is 412 g/mol. The van der Waals surface area contributed by atoms with Crippen LogP contribution in [0.25, 0.3) is 22.4 Å². The van der Waals surface area contributed by atoms with E-state index in [0.29, 0.717) is 33.6 Å². The highest BCUT2D eigenvalue weighted by Gasteiger charge is 2.21. The molecule has 0 saturated carbocycles. The Morgan fingerprint density at radius 1 is 1.16 bits per heavy atom. The number of anilines is 1. The van der Waals surface area contributed by atoms with Crippen molar-refractivity contribution in [2.45, 2.75) is 26.8 Å². The van der Waals surface area contributed by atoms with Crippen molar-refractivity contribution < 1.29 is 13.2 Å². The van der Waals surface area contributed by atoms with Crippen molar-refractivity contribution in [2.75, 3.05) is 5.32 Å². The molecule has 5 nitrogen and oxygen atoms in total. The van der Waals surface area contributed by atoms with Gasteiger partial charge in [0, 0.05) is 17.3 Å². The van der Waals surface area contributed by atoms with Crippen molar-refractivity contribution in [2.24, 2.45) is 0 Å². The van der Waals surface area contributed by atoms with E-state index in [2.05, 4.69) is 10.3 Å². The number of halogens is 2. The van der Waals surface area contributed by atoms with Crippen LogP contribution >= 0.6 is 0 Å². The smallest absolute Gasteiger partial charge is 0.196 e. The van der Waals surface area contributed by atoms with Gasteiger partial charge in [-0.2, -0.15) is 5.26 Å². The molecule has 0 radical (unpaired) electrons. The molecular formula is C25H19F2N3O2. The summed E-state index contributed by atoms with van der Waals surface area (Å²) in [6.45, 7) is 5.34. The van der Waals surface area contributed by atoms with E-state index in [1.54, 1.807) is 50.4 Å². The molecule has 0 fully saturated rings. The van der Waals surface area contributed by atoms with E-state index < -0.39 is 23.2 Å². The van der Waals surface area contributed by atoms with Gasteiger partial charge in [0.15, 0.2) is 22.8 Å². The van der Waals surface area contributed by atoms with Crippen molar-refractivity contribution in [3.63, 3.8) is 0 Å². The van der Waals surface area contributed by atoms with Gasteiger partial charge in [0.25, 0.3) is 0 Å². The van der Waals surface area contributed by atoms with Crippen LogP contribution in [0, 0.1) is 36.8 Å². The molecule has 160 valence electrons. The van der Waals surface area contributed by atoms with Gasteiger partial charge in [0.2, 0.25) is 0 Å². The molecule has 0 aliphatic carbocycles. The minimum Gasteiger partial charge on any atom is -0.454 e. The molecule has 2 aromatic heterocycles. The van der Waals surface area contributed by atoms with Crippen molar-refractivity contribution in [3.8, 4) is 17.5 Å². The van der Waals surface area contributed by atoms with Gasteiger partial charge in [-0.25, -0.2) is 8.78 Å². The van der Waals surface area contributed by atoms with Gasteiger partial charge in [0.05, 0.1) is 17.1 Å². The first-order valence-corrected chi connectivity index (χ1v) is 9.95. The number of nitrogens with one attached hydrogen (secondary N) is 1. The number of fused-ring (bicyclic) bond motifs is 1. The van der Waals surface area contributed by atoms with Crippen molar-refractivity contribution in [3.05, 3.63) is 92.8 Å². The van der Waals surface area contributed by atoms with Crippen LogP contribution in [0.3, 0.4) is 0 Å². The predicted molar refractivity (Wildman–Crippen MR) is 118 cm³/mol. The summed E-state index contributed by atoms with van der Waals surface area (Å²) in [5.41, 5.74) is 2.38. The summed E-state index contributed by atoms with van der Waals surface area (Å²) in [6.07, 6.45) is 1.62. The highest BCUT2D eigenvalue weighted by Crippen LogP contribution is 2.32. The summed E-state index contributed by atoms with van der Waals surface area (Å²) in [5, 5.41) is 12.8. The Morgan fingerprint density at radius 3 is 2.62 bits per heavy atom. The Balaban J connectivity index is 1.90. The van der Waals surface area contributed by atoms with Gasteiger partial charge in [-0.3, -0.25) is 9.78 Å². The molecule has 0 amide bonds. The number of nitriles is 1. The molecule has 4 rings (SSSR count). The molecule has 7 heteroatoms. The van der Waals surface area contributed by atoms with Crippen LogP contribution in [-0.4, -0.2) is 4.98 Å². The highest BCUT2D eigenvalue weighted by atomic mass is 19.2. The summed E-state index contributed by atoms with van der Waals surface area (Å²) in [4.78, 5) is 17.4. The lowest BCUT2D eigenvalue weighted by atomic mass is 9.99. The fourth-order valence-corrected chi connectivity index (χ4v) is 3.72. The van der Waals surface area contributed by atoms with Crippen LogP contribution < -0.4 is 10.7 Å². The molecule has 0 unspecified atom stereocenters. The van der Waals surface area contributed by atoms with Gasteiger partial charge in [-0.05, 0) is 56.7 Å². The maximum Gasteiger partial charge on any atom is 0.196 e. The summed E-state index contributed by atoms with van der Waals surface area (Å²) in [7, 11) is 0. The van der Waals surface area contributed by atoms with E-state index >= 15 is 0 Å². The number of benzene rings is 2. The molecule has 0 aliphatic heterocycles. The molecule has 32 heavy (non-hydrogen) atoms. The van der Waals surface area contributed by atoms with E-state index in [1.165, 1.54) is 6.07 Å². The summed E-state index contributed by atoms with van der Waals surface area (Å²) in [6, 6.07) is 12.4. The maximum absolute atomic E-state index is 14.1. The Bertz CT molecular complexity index is 1440. The average molecular weight is 431 g/mol. The molecule has 0 aliphatic rings. The van der Waals surface area contributed by atoms with Crippen LogP contribution in [0.4, 0.5) is 14.5 Å². The molecule has 0 bridgehead atoms. The lowest BCUT2D eigenvalue weighted by molar-refractivity contribution is 0.506. The fraction of sp³-hybridized carbons (Fsp3) is 0.160. The minimum atomic E-state index is -1.21. The number of pyridine rings is 1. The van der Waals surface area contributed by atoms with Crippen LogP contribution in [-0.2, 0) is 0 Å². The zero-order valence-electron chi connectivity index (χ0n) is 17.7. The zero-order chi connectivity index (χ0) is 23.0. The van der Waals surface area contributed by atoms with E-state index in [1.807, 2.05) is 13.0 Å². The van der Waals surface area contributed by atoms with Crippen LogP contribution in [0.2, 0.25) is 0 Å². The lowest BCUT2D eigenvalue weighted by Crippen LogP contribution is -2.13. The first-order chi connectivity index (χ1) is 15.3. The van der Waals surface area contributed by atoms with Crippen molar-refractivity contribution in [1.82, 2.24) is 4.98 Å². The molecule has 2 aromatic carbocycles. The highest BCUT2D eigenvalue weighted by molar-refractivity contribution is 5.84. The second-order valence-electron chi connectivity index (χ2n) is 7.59. The lowest BCUT2D eigenvalue weighted by Gasteiger charge is -2.19. The molecule has 1 atom stereocenters. The third-order valence-corrected chi connectivity index (χ3v) is 5.33. The second kappa shape index (κ2) is 8.23. The average Bonchev–Trinajstić information content (AvgIpc) is 2.79. The molecule has 4 aromatic rings. The number of hydrogen-bond acceptors (Lipinski definition) is 5. The second-order valence-corrected chi connectivity index (χ2v) is 7.59. The SMILES string of the molecule is Cc1cc([C@@H](C)Nc2ccc(F)c(F)c2C#N)c2oc(-c3ccccn3)c(C)c(=O)c2c1. The monoisotopic (exact) mass is 431 g/mol. The number of rotatable bonds is 4. The molecule has 0 saturated heterocycles. The van der Waals surface area contributed by atoms with Crippen LogP contribution in [0.1, 0.15) is 35.2 Å². The summed E-state index contributed by atoms with van der Waals surface area (Å²) >= 11 is 0. The van der Waals surface area contributed by atoms with Crippen LogP contribution in [0.5, 0.6) is 0 Å². The molecule has 2 heterocycles. The molecule has 1 N–H and O–H groups in total. The quantitative estimate of drug-likeness (QED) is 0.442. The Kier molecular flexibility index (Phi) is 5.45. The zero-order valence-corrected chi connectivity index (χ0v) is 17.7. The Labute approximate surface area is 183 Å². The third-order valence-electron chi connectivity index (χ3n) is 5.33. The molecule has 0 spiro atoms. The predicted octanol–water partition coefficient (Wildman–Crippen LogP) is 5.79. The van der Waals surface area contributed by atoms with Gasteiger partial charge < -0.3 is 9.73 Å². The van der Waals surface area contributed by atoms with Crippen molar-refractivity contribution >= 4 is 16.7 Å². The normalized spacial score (nSPS) is 11.9. The number of hydrogen-bond donors (Lipinski definition) is 1. The fourth-order valence-electron chi connectivity index (χ4n) is 3.72. The Hall–Kier alpha value is -4.05. The summed E-state index contributed by atoms with van der Waals surface area (Å²) in [5.74, 6) is -1.94.